The van der Waals surface area contributed by atoms with E-state index in [0.717, 1.165) is 0 Å². The van der Waals surface area contributed by atoms with Crippen LogP contribution >= 0.6 is 35.8 Å². The molecule has 0 saturated carbocycles. The van der Waals surface area contributed by atoms with E-state index in [1.54, 1.807) is 6.07 Å². The van der Waals surface area contributed by atoms with Gasteiger partial charge in [-0.25, -0.2) is 4.39 Å². The highest BCUT2D eigenvalue weighted by atomic mass is 35.5. The number of hydrogen-bond donors (Lipinski definition) is 1. The first-order valence-electron chi connectivity index (χ1n) is 2.89. The zero-order chi connectivity index (χ0) is 8.43. The Bertz CT molecular complexity index is 275. The van der Waals surface area contributed by atoms with Crippen LogP contribution in [0.2, 0.25) is 10.0 Å². The highest BCUT2D eigenvalue weighted by Crippen LogP contribution is 2.25. The first-order chi connectivity index (χ1) is 5.15. The monoisotopic (exact) mass is 210 g/mol. The van der Waals surface area contributed by atoms with Crippen LogP contribution < -0.4 is 0 Å². The van der Waals surface area contributed by atoms with Crippen LogP contribution in [0.4, 0.5) is 4.39 Å². The third-order valence-corrected chi connectivity index (χ3v) is 2.22. The SMILES string of the molecule is Fc1cc(Cl)cc(CS)c1Cl. The largest absolute Gasteiger partial charge is 0.205 e. The van der Waals surface area contributed by atoms with Crippen molar-refractivity contribution in [1.29, 1.82) is 0 Å². The van der Waals surface area contributed by atoms with Gasteiger partial charge in [0.25, 0.3) is 0 Å². The van der Waals surface area contributed by atoms with Gasteiger partial charge in [-0.2, -0.15) is 12.6 Å². The molecule has 0 N–H and O–H groups in total. The third-order valence-electron chi connectivity index (χ3n) is 1.24. The van der Waals surface area contributed by atoms with Gasteiger partial charge >= 0.3 is 0 Å². The average molecular weight is 211 g/mol. The zero-order valence-electron chi connectivity index (χ0n) is 5.44. The Morgan fingerprint density at radius 3 is 2.55 bits per heavy atom. The van der Waals surface area contributed by atoms with Crippen LogP contribution in [0.3, 0.4) is 0 Å². The summed E-state index contributed by atoms with van der Waals surface area (Å²) in [7, 11) is 0. The predicted molar refractivity (Wildman–Crippen MR) is 49.1 cm³/mol. The van der Waals surface area contributed by atoms with Gasteiger partial charge in [-0.15, -0.1) is 0 Å². The van der Waals surface area contributed by atoms with E-state index in [2.05, 4.69) is 12.6 Å². The molecular formula is C7H5Cl2FS. The maximum absolute atomic E-state index is 12.8. The van der Waals surface area contributed by atoms with Gasteiger partial charge in [0.1, 0.15) is 5.82 Å². The molecular weight excluding hydrogens is 206 g/mol. The van der Waals surface area contributed by atoms with E-state index in [4.69, 9.17) is 23.2 Å². The molecule has 0 spiro atoms. The van der Waals surface area contributed by atoms with Gasteiger partial charge in [-0.05, 0) is 17.7 Å². The summed E-state index contributed by atoms with van der Waals surface area (Å²) in [6.07, 6.45) is 0. The van der Waals surface area contributed by atoms with Gasteiger partial charge in [0.15, 0.2) is 0 Å². The standard InChI is InChI=1S/C7H5Cl2FS/c8-5-1-4(3-11)7(9)6(10)2-5/h1-2,11H,3H2. The molecule has 0 atom stereocenters. The lowest BCUT2D eigenvalue weighted by Crippen LogP contribution is -1.85. The lowest BCUT2D eigenvalue weighted by molar-refractivity contribution is 0.627. The summed E-state index contributed by atoms with van der Waals surface area (Å²) in [6.45, 7) is 0. The van der Waals surface area contributed by atoms with Crippen LogP contribution in [0.1, 0.15) is 5.56 Å². The van der Waals surface area contributed by atoms with Gasteiger partial charge in [-0.3, -0.25) is 0 Å². The summed E-state index contributed by atoms with van der Waals surface area (Å²) in [4.78, 5) is 0. The van der Waals surface area contributed by atoms with E-state index in [0.29, 0.717) is 16.3 Å². The molecule has 1 aromatic carbocycles. The fourth-order valence-corrected chi connectivity index (χ4v) is 1.47. The first-order valence-corrected chi connectivity index (χ1v) is 4.28. The Hall–Kier alpha value is 0.0800. The Kier molecular flexibility index (Phi) is 3.05. The van der Waals surface area contributed by atoms with Crippen LogP contribution in [0.5, 0.6) is 0 Å². The van der Waals surface area contributed by atoms with Crippen LogP contribution in [-0.4, -0.2) is 0 Å². The van der Waals surface area contributed by atoms with Crippen LogP contribution in [0.15, 0.2) is 12.1 Å². The summed E-state index contributed by atoms with van der Waals surface area (Å²) < 4.78 is 12.8. The first kappa shape index (κ1) is 9.17. The fraction of sp³-hybridized carbons (Fsp3) is 0.143. The van der Waals surface area contributed by atoms with Gasteiger partial charge in [0, 0.05) is 10.8 Å². The average Bonchev–Trinajstić information content (AvgIpc) is 1.96. The maximum atomic E-state index is 12.8. The van der Waals surface area contributed by atoms with Gasteiger partial charge < -0.3 is 0 Å². The van der Waals surface area contributed by atoms with E-state index in [9.17, 15) is 4.39 Å². The van der Waals surface area contributed by atoms with Crippen LogP contribution in [0.25, 0.3) is 0 Å². The second-order valence-electron chi connectivity index (χ2n) is 2.02. The summed E-state index contributed by atoms with van der Waals surface area (Å²) in [6, 6.07) is 2.77. The third kappa shape index (κ3) is 2.01. The lowest BCUT2D eigenvalue weighted by Gasteiger charge is -2.01. The van der Waals surface area contributed by atoms with E-state index >= 15 is 0 Å². The topological polar surface area (TPSA) is 0 Å². The molecule has 1 aromatic rings. The fourth-order valence-electron chi connectivity index (χ4n) is 0.724. The molecule has 60 valence electrons. The molecule has 0 radical (unpaired) electrons. The lowest BCUT2D eigenvalue weighted by atomic mass is 10.2. The Morgan fingerprint density at radius 2 is 2.00 bits per heavy atom. The number of thiol groups is 1. The minimum atomic E-state index is -0.497. The molecule has 0 bridgehead atoms. The summed E-state index contributed by atoms with van der Waals surface area (Å²) in [5, 5.41) is 0.445. The molecule has 0 aromatic heterocycles. The second-order valence-corrected chi connectivity index (χ2v) is 3.15. The van der Waals surface area contributed by atoms with Crippen molar-refractivity contribution < 1.29 is 4.39 Å². The molecule has 0 aliphatic rings. The molecule has 0 aliphatic heterocycles. The Balaban J connectivity index is 3.24. The van der Waals surface area contributed by atoms with E-state index in [-0.39, 0.29) is 5.02 Å². The molecule has 4 heteroatoms. The van der Waals surface area contributed by atoms with Gasteiger partial charge in [0.05, 0.1) is 5.02 Å². The quantitative estimate of drug-likeness (QED) is 0.532. The molecule has 0 aliphatic carbocycles. The van der Waals surface area contributed by atoms with Gasteiger partial charge in [-0.1, -0.05) is 23.2 Å². The van der Waals surface area contributed by atoms with Crippen LogP contribution in [-0.2, 0) is 5.75 Å². The van der Waals surface area contributed by atoms with E-state index in [1.807, 2.05) is 0 Å². The number of rotatable bonds is 1. The summed E-state index contributed by atoms with van der Waals surface area (Å²) >= 11 is 15.1. The number of hydrogen-bond acceptors (Lipinski definition) is 1. The number of halogens is 3. The highest BCUT2D eigenvalue weighted by Gasteiger charge is 2.05. The smallest absolute Gasteiger partial charge is 0.143 e. The zero-order valence-corrected chi connectivity index (χ0v) is 7.85. The normalized spacial score (nSPS) is 10.2. The van der Waals surface area contributed by atoms with Crippen molar-refractivity contribution in [3.05, 3.63) is 33.6 Å². The van der Waals surface area contributed by atoms with Crippen molar-refractivity contribution in [2.45, 2.75) is 5.75 Å². The van der Waals surface area contributed by atoms with Crippen molar-refractivity contribution in [2.24, 2.45) is 0 Å². The Labute approximate surface area is 79.7 Å². The molecule has 0 amide bonds. The molecule has 0 fully saturated rings. The van der Waals surface area contributed by atoms with E-state index in [1.165, 1.54) is 6.07 Å². The minimum Gasteiger partial charge on any atom is -0.205 e. The molecule has 0 unspecified atom stereocenters. The second kappa shape index (κ2) is 3.65. The van der Waals surface area contributed by atoms with Crippen molar-refractivity contribution in [2.75, 3.05) is 0 Å². The van der Waals surface area contributed by atoms with E-state index < -0.39 is 5.82 Å². The summed E-state index contributed by atoms with van der Waals surface area (Å²) in [5.74, 6) is -0.112. The molecule has 0 saturated heterocycles. The minimum absolute atomic E-state index is 0.101. The molecule has 0 heterocycles. The van der Waals surface area contributed by atoms with Crippen molar-refractivity contribution in [3.8, 4) is 0 Å². The maximum Gasteiger partial charge on any atom is 0.143 e. The molecule has 1 rings (SSSR count). The highest BCUT2D eigenvalue weighted by molar-refractivity contribution is 7.79. The van der Waals surface area contributed by atoms with Gasteiger partial charge in [0.2, 0.25) is 0 Å². The van der Waals surface area contributed by atoms with Crippen molar-refractivity contribution in [3.63, 3.8) is 0 Å². The van der Waals surface area contributed by atoms with Crippen molar-refractivity contribution in [1.82, 2.24) is 0 Å². The molecule has 0 nitrogen and oxygen atoms in total. The van der Waals surface area contributed by atoms with Crippen molar-refractivity contribution >= 4 is 35.8 Å². The number of benzene rings is 1. The Morgan fingerprint density at radius 1 is 1.36 bits per heavy atom. The van der Waals surface area contributed by atoms with Crippen LogP contribution in [0, 0.1) is 5.82 Å². The predicted octanol–water partition coefficient (Wildman–Crippen LogP) is 3.56. The summed E-state index contributed by atoms with van der Waals surface area (Å²) in [5.41, 5.74) is 0.611. The molecule has 11 heavy (non-hydrogen) atoms.